The number of nitrogens with zero attached hydrogens (tertiary/aromatic N) is 2. The van der Waals surface area contributed by atoms with Crippen LogP contribution < -0.4 is 5.56 Å². The van der Waals surface area contributed by atoms with E-state index in [0.717, 1.165) is 22.3 Å². The van der Waals surface area contributed by atoms with Gasteiger partial charge >= 0.3 is 6.09 Å². The third-order valence-electron chi connectivity index (χ3n) is 6.78. The zero-order valence-corrected chi connectivity index (χ0v) is 21.9. The van der Waals surface area contributed by atoms with Gasteiger partial charge in [0, 0.05) is 24.8 Å². The minimum Gasteiger partial charge on any atom is -0.465 e. The maximum atomic E-state index is 12.2. The summed E-state index contributed by atoms with van der Waals surface area (Å²) in [5.41, 5.74) is 3.80. The summed E-state index contributed by atoms with van der Waals surface area (Å²) in [7, 11) is 0. The number of hydrogen-bond acceptors (Lipinski definition) is 3. The molecule has 0 aliphatic rings. The lowest BCUT2D eigenvalue weighted by molar-refractivity contribution is 0.0598. The summed E-state index contributed by atoms with van der Waals surface area (Å²) >= 11 is 0. The van der Waals surface area contributed by atoms with Crippen LogP contribution in [-0.2, 0) is 6.54 Å². The molecule has 3 aromatic rings. The van der Waals surface area contributed by atoms with Crippen molar-refractivity contribution in [3.05, 3.63) is 93.9 Å². The van der Waals surface area contributed by atoms with Crippen molar-refractivity contribution in [1.82, 2.24) is 9.47 Å². The van der Waals surface area contributed by atoms with Crippen LogP contribution in [0.25, 0.3) is 11.1 Å². The summed E-state index contributed by atoms with van der Waals surface area (Å²) in [4.78, 5) is 25.9. The van der Waals surface area contributed by atoms with Crippen LogP contribution in [0.15, 0.2) is 71.7 Å². The molecule has 6 heteroatoms. The molecule has 0 fully saturated rings. The molecule has 0 aliphatic heterocycles. The van der Waals surface area contributed by atoms with Crippen LogP contribution >= 0.6 is 0 Å². The van der Waals surface area contributed by atoms with Crippen molar-refractivity contribution in [3.8, 4) is 11.1 Å². The van der Waals surface area contributed by atoms with Gasteiger partial charge < -0.3 is 19.7 Å². The van der Waals surface area contributed by atoms with Gasteiger partial charge in [-0.25, -0.2) is 4.79 Å². The van der Waals surface area contributed by atoms with Crippen LogP contribution in [0.4, 0.5) is 4.79 Å². The lowest BCUT2D eigenvalue weighted by Gasteiger charge is -2.31. The SMILES string of the molecule is CCn1cc(-c2ccc([C@H](C)N(CC[C@H](CC(C)(C)O)c3ccccc3)C(=O)O)cc2)cc(C)c1=O. The van der Waals surface area contributed by atoms with Crippen molar-refractivity contribution < 1.29 is 15.0 Å². The molecule has 0 spiro atoms. The molecule has 0 saturated carbocycles. The van der Waals surface area contributed by atoms with Crippen molar-refractivity contribution in [3.63, 3.8) is 0 Å². The second-order valence-electron chi connectivity index (χ2n) is 10.2. The Labute approximate surface area is 213 Å². The number of hydrogen-bond donors (Lipinski definition) is 2. The first-order valence-corrected chi connectivity index (χ1v) is 12.6. The van der Waals surface area contributed by atoms with E-state index in [4.69, 9.17) is 0 Å². The molecule has 2 atom stereocenters. The first kappa shape index (κ1) is 27.2. The van der Waals surface area contributed by atoms with Crippen LogP contribution in [-0.4, -0.2) is 37.9 Å². The molecule has 0 saturated heterocycles. The monoisotopic (exact) mass is 490 g/mol. The number of aliphatic hydroxyl groups is 1. The van der Waals surface area contributed by atoms with Gasteiger partial charge in [0.2, 0.25) is 0 Å². The molecule has 192 valence electrons. The number of benzene rings is 2. The van der Waals surface area contributed by atoms with E-state index in [2.05, 4.69) is 0 Å². The zero-order valence-electron chi connectivity index (χ0n) is 21.9. The third kappa shape index (κ3) is 6.85. The summed E-state index contributed by atoms with van der Waals surface area (Å²) < 4.78 is 1.70. The summed E-state index contributed by atoms with van der Waals surface area (Å²) in [5, 5.41) is 20.5. The highest BCUT2D eigenvalue weighted by Gasteiger charge is 2.26. The number of carbonyl (C=O) groups is 1. The molecule has 2 aromatic carbocycles. The number of rotatable bonds is 10. The van der Waals surface area contributed by atoms with Crippen molar-refractivity contribution >= 4 is 6.09 Å². The zero-order chi connectivity index (χ0) is 26.5. The van der Waals surface area contributed by atoms with Gasteiger partial charge in [0.15, 0.2) is 0 Å². The number of pyridine rings is 1. The topological polar surface area (TPSA) is 82.8 Å². The summed E-state index contributed by atoms with van der Waals surface area (Å²) in [5.74, 6) is 0.0418. The van der Waals surface area contributed by atoms with Crippen molar-refractivity contribution in [2.24, 2.45) is 0 Å². The Kier molecular flexibility index (Phi) is 8.75. The molecule has 3 rings (SSSR count). The van der Waals surface area contributed by atoms with E-state index in [-0.39, 0.29) is 17.5 Å². The molecule has 0 bridgehead atoms. The minimum absolute atomic E-state index is 0.0157. The first-order valence-electron chi connectivity index (χ1n) is 12.6. The number of carboxylic acid groups (broad SMARTS) is 1. The quantitative estimate of drug-likeness (QED) is 0.353. The van der Waals surface area contributed by atoms with Crippen LogP contribution in [0.3, 0.4) is 0 Å². The highest BCUT2D eigenvalue weighted by Crippen LogP contribution is 2.31. The van der Waals surface area contributed by atoms with Gasteiger partial charge in [-0.2, -0.15) is 0 Å². The van der Waals surface area contributed by atoms with E-state index in [1.54, 1.807) is 18.4 Å². The Morgan fingerprint density at radius 2 is 1.67 bits per heavy atom. The molecule has 1 amide bonds. The van der Waals surface area contributed by atoms with Crippen molar-refractivity contribution in [1.29, 1.82) is 0 Å². The maximum Gasteiger partial charge on any atom is 0.407 e. The van der Waals surface area contributed by atoms with E-state index in [1.165, 1.54) is 4.90 Å². The van der Waals surface area contributed by atoms with Crippen LogP contribution in [0, 0.1) is 6.92 Å². The van der Waals surface area contributed by atoms with Gasteiger partial charge in [-0.15, -0.1) is 0 Å². The van der Waals surface area contributed by atoms with Gasteiger partial charge in [0.25, 0.3) is 5.56 Å². The van der Waals surface area contributed by atoms with Gasteiger partial charge in [0.05, 0.1) is 11.6 Å². The molecular formula is C30H38N2O4. The fourth-order valence-electron chi connectivity index (χ4n) is 4.78. The van der Waals surface area contributed by atoms with Gasteiger partial charge in [-0.1, -0.05) is 54.6 Å². The predicted octanol–water partition coefficient (Wildman–Crippen LogP) is 6.22. The standard InChI is InChI=1S/C30H38N2O4/c1-6-31-20-27(18-21(2)28(31)33)25-14-12-23(13-15-25)22(3)32(29(34)35)17-16-26(19-30(4,5)36)24-10-8-7-9-11-24/h7-15,18,20,22,26,36H,6,16-17,19H2,1-5H3,(H,34,35)/t22-,26+/m0/s1. The largest absolute Gasteiger partial charge is 0.465 e. The van der Waals surface area contributed by atoms with Gasteiger partial charge in [0.1, 0.15) is 0 Å². The van der Waals surface area contributed by atoms with Crippen LogP contribution in [0.1, 0.15) is 69.2 Å². The smallest absolute Gasteiger partial charge is 0.407 e. The van der Waals surface area contributed by atoms with Crippen LogP contribution in [0.2, 0.25) is 0 Å². The van der Waals surface area contributed by atoms with E-state index in [1.807, 2.05) is 87.6 Å². The minimum atomic E-state index is -0.965. The average Bonchev–Trinajstić information content (AvgIpc) is 2.84. The maximum absolute atomic E-state index is 12.2. The Bertz CT molecular complexity index is 1210. The normalized spacial score (nSPS) is 13.3. The highest BCUT2D eigenvalue weighted by atomic mass is 16.4. The molecule has 1 heterocycles. The van der Waals surface area contributed by atoms with E-state index >= 15 is 0 Å². The first-order chi connectivity index (χ1) is 17.0. The second-order valence-corrected chi connectivity index (χ2v) is 10.2. The summed E-state index contributed by atoms with van der Waals surface area (Å²) in [6.45, 7) is 10.2. The summed E-state index contributed by atoms with van der Waals surface area (Å²) in [6.07, 6.45) is 2.06. The van der Waals surface area contributed by atoms with Crippen molar-refractivity contribution in [2.45, 2.75) is 71.6 Å². The number of aromatic nitrogens is 1. The molecule has 0 unspecified atom stereocenters. The lowest BCUT2D eigenvalue weighted by atomic mass is 9.85. The molecular weight excluding hydrogens is 452 g/mol. The third-order valence-corrected chi connectivity index (χ3v) is 6.78. The van der Waals surface area contributed by atoms with E-state index in [0.29, 0.717) is 31.5 Å². The van der Waals surface area contributed by atoms with Gasteiger partial charge in [-0.3, -0.25) is 4.79 Å². The Morgan fingerprint density at radius 3 is 2.22 bits per heavy atom. The molecule has 6 nitrogen and oxygen atoms in total. The Morgan fingerprint density at radius 1 is 1.03 bits per heavy atom. The fourth-order valence-corrected chi connectivity index (χ4v) is 4.78. The Hall–Kier alpha value is -3.38. The predicted molar refractivity (Wildman–Crippen MR) is 144 cm³/mol. The van der Waals surface area contributed by atoms with Crippen molar-refractivity contribution in [2.75, 3.05) is 6.54 Å². The van der Waals surface area contributed by atoms with E-state index < -0.39 is 11.7 Å². The van der Waals surface area contributed by atoms with Crippen LogP contribution in [0.5, 0.6) is 0 Å². The second kappa shape index (κ2) is 11.6. The lowest BCUT2D eigenvalue weighted by Crippen LogP contribution is -2.34. The summed E-state index contributed by atoms with van der Waals surface area (Å²) in [6, 6.07) is 19.4. The molecule has 0 radical (unpaired) electrons. The van der Waals surface area contributed by atoms with Gasteiger partial charge in [-0.05, 0) is 81.7 Å². The Balaban J connectivity index is 1.79. The molecule has 36 heavy (non-hydrogen) atoms. The van der Waals surface area contributed by atoms with E-state index in [9.17, 15) is 19.8 Å². The number of amides is 1. The molecule has 2 N–H and O–H groups in total. The molecule has 1 aromatic heterocycles. The average molecular weight is 491 g/mol. The highest BCUT2D eigenvalue weighted by molar-refractivity contribution is 5.66. The fraction of sp³-hybridized carbons (Fsp3) is 0.400. The molecule has 0 aliphatic carbocycles. The number of aryl methyl sites for hydroxylation is 2.